The van der Waals surface area contributed by atoms with Gasteiger partial charge in [-0.15, -0.1) is 0 Å². The Morgan fingerprint density at radius 3 is 2.80 bits per heavy atom. The summed E-state index contributed by atoms with van der Waals surface area (Å²) in [7, 11) is -1.34. The number of rotatable bonds is 4. The van der Waals surface area contributed by atoms with Crippen molar-refractivity contribution >= 4 is 22.4 Å². The van der Waals surface area contributed by atoms with Crippen molar-refractivity contribution in [1.82, 2.24) is 5.32 Å². The largest absolute Gasteiger partial charge is 0.399 e. The molecule has 5 nitrogen and oxygen atoms in total. The van der Waals surface area contributed by atoms with Gasteiger partial charge in [-0.2, -0.15) is 0 Å². The van der Waals surface area contributed by atoms with E-state index in [0.29, 0.717) is 23.8 Å². The molecule has 1 amide bonds. The van der Waals surface area contributed by atoms with Crippen LogP contribution in [0.3, 0.4) is 0 Å². The average Bonchev–Trinajstić information content (AvgIpc) is 2.39. The highest BCUT2D eigenvalue weighted by Crippen LogP contribution is 2.16. The van der Waals surface area contributed by atoms with Gasteiger partial charge in [-0.25, -0.2) is 0 Å². The number of nitrogens with one attached hydrogen (secondary N) is 1. The van der Waals surface area contributed by atoms with Crippen LogP contribution in [-0.2, 0) is 20.3 Å². The van der Waals surface area contributed by atoms with E-state index >= 15 is 0 Å². The molecule has 20 heavy (non-hydrogen) atoms. The maximum atomic E-state index is 12.2. The van der Waals surface area contributed by atoms with Crippen LogP contribution < -0.4 is 11.1 Å². The minimum atomic E-state index is -1.34. The fourth-order valence-corrected chi connectivity index (χ4v) is 3.35. The summed E-state index contributed by atoms with van der Waals surface area (Å²) in [5, 5.41) is 2.91. The molecule has 0 aliphatic carbocycles. The average molecular weight is 296 g/mol. The van der Waals surface area contributed by atoms with Crippen LogP contribution in [0.2, 0.25) is 0 Å². The number of carbonyl (C=O) groups excluding carboxylic acids is 1. The highest BCUT2D eigenvalue weighted by Gasteiger charge is 2.18. The van der Waals surface area contributed by atoms with E-state index in [1.807, 2.05) is 6.92 Å². The molecule has 0 bridgehead atoms. The Labute approximate surface area is 121 Å². The number of nitrogen functional groups attached to an aromatic ring is 1. The van der Waals surface area contributed by atoms with Crippen molar-refractivity contribution < 1.29 is 13.7 Å². The Morgan fingerprint density at radius 2 is 2.15 bits per heavy atom. The smallest absolute Gasteiger partial charge is 0.233 e. The van der Waals surface area contributed by atoms with Crippen LogP contribution in [0.5, 0.6) is 0 Å². The van der Waals surface area contributed by atoms with Gasteiger partial charge in [0.2, 0.25) is 5.91 Å². The topological polar surface area (TPSA) is 81.4 Å². The van der Waals surface area contributed by atoms with Gasteiger partial charge in [0.25, 0.3) is 0 Å². The molecular weight excluding hydrogens is 276 g/mol. The molecule has 2 rings (SSSR count). The second-order valence-electron chi connectivity index (χ2n) is 4.97. The number of hydrogen-bond acceptors (Lipinski definition) is 4. The molecule has 110 valence electrons. The molecule has 1 aromatic carbocycles. The first-order valence-electron chi connectivity index (χ1n) is 6.68. The molecule has 6 heteroatoms. The molecule has 3 N–H and O–H groups in total. The van der Waals surface area contributed by atoms with Crippen LogP contribution in [0.4, 0.5) is 5.69 Å². The molecule has 1 saturated heterocycles. The molecule has 1 aromatic rings. The molecular formula is C14H20N2O3S. The van der Waals surface area contributed by atoms with Crippen molar-refractivity contribution in [3.8, 4) is 0 Å². The number of ether oxygens (including phenoxy) is 1. The Morgan fingerprint density at radius 1 is 1.45 bits per heavy atom. The summed E-state index contributed by atoms with van der Waals surface area (Å²) >= 11 is 0. The Bertz CT molecular complexity index is 513. The van der Waals surface area contributed by atoms with E-state index in [0.717, 1.165) is 18.4 Å². The van der Waals surface area contributed by atoms with E-state index in [-0.39, 0.29) is 17.7 Å². The highest BCUT2D eigenvalue weighted by molar-refractivity contribution is 7.85. The maximum absolute atomic E-state index is 12.2. The minimum Gasteiger partial charge on any atom is -0.399 e. The van der Waals surface area contributed by atoms with Gasteiger partial charge < -0.3 is 15.8 Å². The highest BCUT2D eigenvalue weighted by atomic mass is 32.2. The van der Waals surface area contributed by atoms with Gasteiger partial charge in [0.15, 0.2) is 0 Å². The lowest BCUT2D eigenvalue weighted by Crippen LogP contribution is -2.40. The fraction of sp³-hybridized carbons (Fsp3) is 0.500. The summed E-state index contributed by atoms with van der Waals surface area (Å²) < 4.78 is 17.4. The van der Waals surface area contributed by atoms with Crippen molar-refractivity contribution in [1.29, 1.82) is 0 Å². The number of aryl methyl sites for hydroxylation is 1. The van der Waals surface area contributed by atoms with Crippen molar-refractivity contribution in [2.24, 2.45) is 0 Å². The van der Waals surface area contributed by atoms with Gasteiger partial charge in [0.1, 0.15) is 5.75 Å². The van der Waals surface area contributed by atoms with Crippen LogP contribution in [0.1, 0.15) is 18.4 Å². The Hall–Kier alpha value is -1.40. The summed E-state index contributed by atoms with van der Waals surface area (Å²) in [6.07, 6.45) is 1.64. The van der Waals surface area contributed by atoms with E-state index < -0.39 is 10.8 Å². The third-order valence-corrected chi connectivity index (χ3v) is 4.77. The molecule has 1 fully saturated rings. The van der Waals surface area contributed by atoms with Crippen molar-refractivity contribution in [2.75, 3.05) is 24.7 Å². The zero-order valence-corrected chi connectivity index (χ0v) is 12.4. The molecule has 0 radical (unpaired) electrons. The van der Waals surface area contributed by atoms with E-state index in [2.05, 4.69) is 5.32 Å². The third kappa shape index (κ3) is 4.05. The zero-order chi connectivity index (χ0) is 14.5. The lowest BCUT2D eigenvalue weighted by molar-refractivity contribution is -0.119. The van der Waals surface area contributed by atoms with Gasteiger partial charge in [0.05, 0.1) is 10.8 Å². The lowest BCUT2D eigenvalue weighted by atomic mass is 10.1. The first kappa shape index (κ1) is 15.0. The van der Waals surface area contributed by atoms with Crippen LogP contribution in [0, 0.1) is 6.92 Å². The number of amides is 1. The predicted octanol–water partition coefficient (Wildman–Crippen LogP) is 0.980. The van der Waals surface area contributed by atoms with Crippen molar-refractivity contribution in [3.63, 3.8) is 0 Å². The number of carbonyl (C=O) groups is 1. The lowest BCUT2D eigenvalue weighted by Gasteiger charge is -2.23. The van der Waals surface area contributed by atoms with Crippen LogP contribution >= 0.6 is 0 Å². The molecule has 1 heterocycles. The monoisotopic (exact) mass is 296 g/mol. The van der Waals surface area contributed by atoms with Crippen LogP contribution in [0.25, 0.3) is 0 Å². The van der Waals surface area contributed by atoms with Crippen LogP contribution in [-0.4, -0.2) is 35.1 Å². The quantitative estimate of drug-likeness (QED) is 0.812. The molecule has 0 spiro atoms. The molecule has 1 aliphatic heterocycles. The normalized spacial score (nSPS) is 17.6. The summed E-state index contributed by atoms with van der Waals surface area (Å²) in [5.41, 5.74) is 7.15. The molecule has 1 aliphatic rings. The standard InChI is InChI=1S/C14H20N2O3S/c1-10-8-11(15)2-3-13(10)20(18)9-14(17)16-12-4-6-19-7-5-12/h2-3,8,12H,4-7,9,15H2,1H3,(H,16,17). The number of benzene rings is 1. The van der Waals surface area contributed by atoms with E-state index in [4.69, 9.17) is 10.5 Å². The van der Waals surface area contributed by atoms with E-state index in [9.17, 15) is 9.00 Å². The summed E-state index contributed by atoms with van der Waals surface area (Å²) in [6, 6.07) is 5.34. The van der Waals surface area contributed by atoms with Crippen molar-refractivity contribution in [2.45, 2.75) is 30.7 Å². The van der Waals surface area contributed by atoms with Gasteiger partial charge in [0, 0.05) is 29.8 Å². The SMILES string of the molecule is Cc1cc(N)ccc1S(=O)CC(=O)NC1CCOCC1. The van der Waals surface area contributed by atoms with E-state index in [1.54, 1.807) is 18.2 Å². The van der Waals surface area contributed by atoms with Gasteiger partial charge in [-0.1, -0.05) is 0 Å². The summed E-state index contributed by atoms with van der Waals surface area (Å²) in [5.74, 6) is -0.186. The third-order valence-electron chi connectivity index (χ3n) is 3.29. The number of nitrogens with two attached hydrogens (primary N) is 1. The van der Waals surface area contributed by atoms with E-state index in [1.165, 1.54) is 0 Å². The molecule has 0 aromatic heterocycles. The molecule has 0 saturated carbocycles. The Kier molecular flexibility index (Phi) is 5.14. The molecule has 1 atom stereocenters. The van der Waals surface area contributed by atoms with Gasteiger partial charge in [-0.05, 0) is 43.5 Å². The predicted molar refractivity (Wildman–Crippen MR) is 78.9 cm³/mol. The first-order valence-corrected chi connectivity index (χ1v) is 8.00. The fourth-order valence-electron chi connectivity index (χ4n) is 2.24. The second-order valence-corrected chi connectivity index (χ2v) is 6.39. The molecule has 1 unspecified atom stereocenters. The maximum Gasteiger partial charge on any atom is 0.233 e. The number of hydrogen-bond donors (Lipinski definition) is 2. The number of anilines is 1. The van der Waals surface area contributed by atoms with Crippen molar-refractivity contribution in [3.05, 3.63) is 23.8 Å². The second kappa shape index (κ2) is 6.85. The first-order chi connectivity index (χ1) is 9.56. The van der Waals surface area contributed by atoms with Gasteiger partial charge in [-0.3, -0.25) is 9.00 Å². The Balaban J connectivity index is 1.91. The van der Waals surface area contributed by atoms with Crippen LogP contribution in [0.15, 0.2) is 23.1 Å². The van der Waals surface area contributed by atoms with Gasteiger partial charge >= 0.3 is 0 Å². The zero-order valence-electron chi connectivity index (χ0n) is 11.6. The summed E-state index contributed by atoms with van der Waals surface area (Å²) in [6.45, 7) is 3.19. The summed E-state index contributed by atoms with van der Waals surface area (Å²) in [4.78, 5) is 12.6. The minimum absolute atomic E-state index is 0.0118.